The van der Waals surface area contributed by atoms with Crippen molar-refractivity contribution in [3.05, 3.63) is 12.7 Å². The van der Waals surface area contributed by atoms with Gasteiger partial charge in [-0.3, -0.25) is 14.4 Å². The summed E-state index contributed by atoms with van der Waals surface area (Å²) >= 11 is 0. The molecule has 300 valence electrons. The predicted octanol–water partition coefficient (Wildman–Crippen LogP) is 13.9. The van der Waals surface area contributed by atoms with Crippen molar-refractivity contribution in [3.8, 4) is 0 Å². The molecule has 0 fully saturated rings. The number of rotatable bonds is 41. The highest BCUT2D eigenvalue weighted by molar-refractivity contribution is 5.71. The second-order valence-corrected chi connectivity index (χ2v) is 15.1. The Balaban J connectivity index is 4.24. The number of ether oxygens (including phenoxy) is 3. The third-order valence-electron chi connectivity index (χ3n) is 9.92. The minimum absolute atomic E-state index is 0.0728. The zero-order valence-corrected chi connectivity index (χ0v) is 34.0. The molecular formula is C45H84O6. The molecule has 6 nitrogen and oxygen atoms in total. The normalized spacial score (nSPS) is 11.2. The van der Waals surface area contributed by atoms with E-state index >= 15 is 0 Å². The van der Waals surface area contributed by atoms with Gasteiger partial charge in [0, 0.05) is 19.3 Å². The Morgan fingerprint density at radius 3 is 1.00 bits per heavy atom. The molecule has 0 N–H and O–H groups in total. The average molecular weight is 721 g/mol. The minimum atomic E-state index is -0.767. The number of hydrogen-bond donors (Lipinski definition) is 0. The Morgan fingerprint density at radius 2 is 0.686 bits per heavy atom. The quantitative estimate of drug-likeness (QED) is 0.0271. The van der Waals surface area contributed by atoms with Crippen molar-refractivity contribution in [2.75, 3.05) is 13.2 Å². The average Bonchev–Trinajstić information content (AvgIpc) is 3.12. The Morgan fingerprint density at radius 1 is 0.412 bits per heavy atom. The zero-order chi connectivity index (χ0) is 37.3. The molecule has 0 aromatic carbocycles. The molecule has 0 saturated heterocycles. The van der Waals surface area contributed by atoms with Gasteiger partial charge in [-0.2, -0.15) is 0 Å². The molecule has 0 radical (unpaired) electrons. The van der Waals surface area contributed by atoms with Crippen molar-refractivity contribution in [2.24, 2.45) is 0 Å². The first-order chi connectivity index (χ1) is 25.0. The summed E-state index contributed by atoms with van der Waals surface area (Å²) in [4.78, 5) is 37.5. The van der Waals surface area contributed by atoms with E-state index in [1.54, 1.807) is 0 Å². The predicted molar refractivity (Wildman–Crippen MR) is 215 cm³/mol. The van der Waals surface area contributed by atoms with Gasteiger partial charge >= 0.3 is 17.9 Å². The molecule has 0 aliphatic heterocycles. The van der Waals surface area contributed by atoms with E-state index in [9.17, 15) is 14.4 Å². The van der Waals surface area contributed by atoms with Crippen LogP contribution in [-0.2, 0) is 28.6 Å². The van der Waals surface area contributed by atoms with Gasteiger partial charge in [-0.1, -0.05) is 193 Å². The maximum atomic E-state index is 12.6. The van der Waals surface area contributed by atoms with E-state index in [-0.39, 0.29) is 31.1 Å². The van der Waals surface area contributed by atoms with Gasteiger partial charge in [0.05, 0.1) is 0 Å². The van der Waals surface area contributed by atoms with Crippen LogP contribution in [0.5, 0.6) is 0 Å². The van der Waals surface area contributed by atoms with Crippen LogP contribution in [0.1, 0.15) is 239 Å². The Labute approximate surface area is 316 Å². The molecule has 0 aliphatic rings. The summed E-state index contributed by atoms with van der Waals surface area (Å²) in [5.74, 6) is -0.889. The van der Waals surface area contributed by atoms with Crippen molar-refractivity contribution in [3.63, 3.8) is 0 Å². The van der Waals surface area contributed by atoms with Gasteiger partial charge in [-0.05, 0) is 32.1 Å². The topological polar surface area (TPSA) is 78.9 Å². The molecule has 6 heteroatoms. The summed E-state index contributed by atoms with van der Waals surface area (Å²) in [7, 11) is 0. The maximum Gasteiger partial charge on any atom is 0.306 e. The summed E-state index contributed by atoms with van der Waals surface area (Å²) in [5.41, 5.74) is 0. The highest BCUT2D eigenvalue weighted by atomic mass is 16.6. The number of carbonyl (C=O) groups is 3. The minimum Gasteiger partial charge on any atom is -0.462 e. The lowest BCUT2D eigenvalue weighted by atomic mass is 10.0. The SMILES string of the molecule is C=CCCCCCCCC(=O)OC(COC(=O)CCCCCCCCCCCCCCC)COC(=O)CCCCCCCCCCCCCCC. The molecular weight excluding hydrogens is 636 g/mol. The number of allylic oxidation sites excluding steroid dienone is 1. The second kappa shape index (κ2) is 40.9. The molecule has 0 rings (SSSR count). The Bertz CT molecular complexity index is 735. The van der Waals surface area contributed by atoms with E-state index in [1.165, 1.54) is 128 Å². The van der Waals surface area contributed by atoms with Crippen molar-refractivity contribution in [2.45, 2.75) is 245 Å². The summed E-state index contributed by atoms with van der Waals surface area (Å²) in [6.45, 7) is 8.14. The fourth-order valence-corrected chi connectivity index (χ4v) is 6.54. The van der Waals surface area contributed by atoms with Gasteiger partial charge in [0.1, 0.15) is 13.2 Å². The first-order valence-electron chi connectivity index (χ1n) is 22.1. The number of carbonyl (C=O) groups excluding carboxylic acids is 3. The van der Waals surface area contributed by atoms with Crippen LogP contribution < -0.4 is 0 Å². The van der Waals surface area contributed by atoms with E-state index in [4.69, 9.17) is 14.2 Å². The van der Waals surface area contributed by atoms with Gasteiger partial charge in [-0.15, -0.1) is 6.58 Å². The lowest BCUT2D eigenvalue weighted by Gasteiger charge is -2.18. The first-order valence-corrected chi connectivity index (χ1v) is 22.1. The number of hydrogen-bond acceptors (Lipinski definition) is 6. The molecule has 0 aromatic rings. The van der Waals surface area contributed by atoms with Crippen LogP contribution in [0.2, 0.25) is 0 Å². The smallest absolute Gasteiger partial charge is 0.306 e. The largest absolute Gasteiger partial charge is 0.462 e. The van der Waals surface area contributed by atoms with E-state index in [2.05, 4.69) is 20.4 Å². The molecule has 0 amide bonds. The molecule has 51 heavy (non-hydrogen) atoms. The van der Waals surface area contributed by atoms with Crippen LogP contribution >= 0.6 is 0 Å². The molecule has 0 unspecified atom stereocenters. The first kappa shape index (κ1) is 49.1. The fourth-order valence-electron chi connectivity index (χ4n) is 6.54. The third-order valence-corrected chi connectivity index (χ3v) is 9.92. The van der Waals surface area contributed by atoms with Gasteiger partial charge in [0.15, 0.2) is 6.10 Å². The van der Waals surface area contributed by atoms with Crippen molar-refractivity contribution in [1.29, 1.82) is 0 Å². The van der Waals surface area contributed by atoms with Crippen molar-refractivity contribution in [1.82, 2.24) is 0 Å². The summed E-state index contributed by atoms with van der Waals surface area (Å²) in [6, 6.07) is 0. The lowest BCUT2D eigenvalue weighted by molar-refractivity contribution is -0.167. The molecule has 0 aromatic heterocycles. The number of esters is 3. The molecule has 0 atom stereocenters. The fraction of sp³-hybridized carbons (Fsp3) is 0.889. The molecule has 0 saturated carbocycles. The van der Waals surface area contributed by atoms with Crippen molar-refractivity contribution >= 4 is 17.9 Å². The van der Waals surface area contributed by atoms with Crippen LogP contribution in [0, 0.1) is 0 Å². The highest BCUT2D eigenvalue weighted by Crippen LogP contribution is 2.15. The van der Waals surface area contributed by atoms with Gasteiger partial charge in [-0.25, -0.2) is 0 Å². The molecule has 0 spiro atoms. The maximum absolute atomic E-state index is 12.6. The number of unbranched alkanes of at least 4 members (excludes halogenated alkanes) is 29. The highest BCUT2D eigenvalue weighted by Gasteiger charge is 2.19. The van der Waals surface area contributed by atoms with Crippen LogP contribution in [0.15, 0.2) is 12.7 Å². The lowest BCUT2D eigenvalue weighted by Crippen LogP contribution is -2.30. The summed E-state index contributed by atoms with van der Waals surface area (Å²) in [6.07, 6.45) is 41.0. The van der Waals surface area contributed by atoms with Gasteiger partial charge in [0.25, 0.3) is 0 Å². The van der Waals surface area contributed by atoms with E-state index in [0.29, 0.717) is 19.3 Å². The van der Waals surface area contributed by atoms with E-state index in [1.807, 2.05) is 6.08 Å². The van der Waals surface area contributed by atoms with Crippen LogP contribution in [0.4, 0.5) is 0 Å². The van der Waals surface area contributed by atoms with Gasteiger partial charge < -0.3 is 14.2 Å². The molecule has 0 heterocycles. The van der Waals surface area contributed by atoms with E-state index in [0.717, 1.165) is 77.0 Å². The van der Waals surface area contributed by atoms with Crippen molar-refractivity contribution < 1.29 is 28.6 Å². The van der Waals surface area contributed by atoms with E-state index < -0.39 is 6.10 Å². The van der Waals surface area contributed by atoms with Crippen LogP contribution in [-0.4, -0.2) is 37.2 Å². The zero-order valence-electron chi connectivity index (χ0n) is 34.0. The van der Waals surface area contributed by atoms with Gasteiger partial charge in [0.2, 0.25) is 0 Å². The standard InChI is InChI=1S/C45H84O6/c1-4-7-10-13-16-18-20-22-24-26-29-31-34-37-43(46)49-40-42(51-45(48)39-36-33-28-15-12-9-6-3)41-50-44(47)38-35-32-30-27-25-23-21-19-17-14-11-8-5-2/h6,42H,3-5,7-41H2,1-2H3. The van der Waals surface area contributed by atoms with Crippen LogP contribution in [0.25, 0.3) is 0 Å². The second-order valence-electron chi connectivity index (χ2n) is 15.1. The Kier molecular flexibility index (Phi) is 39.4. The summed E-state index contributed by atoms with van der Waals surface area (Å²) < 4.78 is 16.6. The molecule has 0 aliphatic carbocycles. The van der Waals surface area contributed by atoms with Crippen LogP contribution in [0.3, 0.4) is 0 Å². The molecule has 0 bridgehead atoms. The monoisotopic (exact) mass is 721 g/mol. The third kappa shape index (κ3) is 39.2. The Hall–Kier alpha value is -1.85. The summed E-state index contributed by atoms with van der Waals surface area (Å²) in [5, 5.41) is 0.